The molecule has 7 heteroatoms. The average molecular weight is 411 g/mol. The predicted octanol–water partition coefficient (Wildman–Crippen LogP) is 3.45. The van der Waals surface area contributed by atoms with Gasteiger partial charge in [-0.15, -0.1) is 11.3 Å². The Morgan fingerprint density at radius 1 is 1.21 bits per heavy atom. The Morgan fingerprint density at radius 2 is 1.93 bits per heavy atom. The molecule has 152 valence electrons. The molecule has 0 aliphatic carbocycles. The molecule has 1 aliphatic heterocycles. The summed E-state index contributed by atoms with van der Waals surface area (Å²) in [5.74, 6) is 0.00311. The van der Waals surface area contributed by atoms with Gasteiger partial charge in [0.05, 0.1) is 16.6 Å². The lowest BCUT2D eigenvalue weighted by Crippen LogP contribution is -2.53. The van der Waals surface area contributed by atoms with Crippen molar-refractivity contribution in [1.82, 2.24) is 14.5 Å². The van der Waals surface area contributed by atoms with Gasteiger partial charge in [0.1, 0.15) is 4.83 Å². The molecule has 2 aromatic heterocycles. The summed E-state index contributed by atoms with van der Waals surface area (Å²) >= 11 is 1.33. The monoisotopic (exact) mass is 410 g/mol. The van der Waals surface area contributed by atoms with Crippen LogP contribution >= 0.6 is 11.3 Å². The Hall–Kier alpha value is -2.67. The highest BCUT2D eigenvalue weighted by Gasteiger charge is 2.30. The standard InChI is InChI=1S/C22H26N4O2S/c1-5-24-13-23-20-18(21(24)27)16(4)19(29-20)22(28)25-10-11-26(15(3)12-25)17-8-6-14(2)7-9-17/h6-9,13,15H,5,10-12H2,1-4H3. The lowest BCUT2D eigenvalue weighted by atomic mass is 10.1. The topological polar surface area (TPSA) is 58.4 Å². The van der Waals surface area contributed by atoms with Crippen LogP contribution in [0.15, 0.2) is 35.4 Å². The van der Waals surface area contributed by atoms with Crippen LogP contribution < -0.4 is 10.5 Å². The van der Waals surface area contributed by atoms with Gasteiger partial charge in [-0.25, -0.2) is 4.98 Å². The molecule has 1 fully saturated rings. The molecule has 6 nitrogen and oxygen atoms in total. The second kappa shape index (κ2) is 7.63. The van der Waals surface area contributed by atoms with E-state index < -0.39 is 0 Å². The Kier molecular flexibility index (Phi) is 5.17. The third-order valence-corrected chi connectivity index (χ3v) is 6.92. The number of thiophene rings is 1. The van der Waals surface area contributed by atoms with Gasteiger partial charge in [-0.3, -0.25) is 14.2 Å². The first-order chi connectivity index (χ1) is 13.9. The minimum Gasteiger partial charge on any atom is -0.365 e. The van der Waals surface area contributed by atoms with E-state index in [2.05, 4.69) is 48.0 Å². The van der Waals surface area contributed by atoms with Crippen molar-refractivity contribution in [2.24, 2.45) is 0 Å². The number of hydrogen-bond acceptors (Lipinski definition) is 5. The van der Waals surface area contributed by atoms with Crippen molar-refractivity contribution >= 4 is 33.1 Å². The molecule has 0 bridgehead atoms. The van der Waals surface area contributed by atoms with E-state index in [1.165, 1.54) is 22.6 Å². The fraction of sp³-hybridized carbons (Fsp3) is 0.409. The van der Waals surface area contributed by atoms with Crippen LogP contribution in [-0.4, -0.2) is 46.0 Å². The van der Waals surface area contributed by atoms with E-state index in [-0.39, 0.29) is 17.5 Å². The van der Waals surface area contributed by atoms with Gasteiger partial charge in [-0.1, -0.05) is 17.7 Å². The Labute approximate surface area is 174 Å². The summed E-state index contributed by atoms with van der Waals surface area (Å²) in [6, 6.07) is 8.75. The Balaban J connectivity index is 1.58. The van der Waals surface area contributed by atoms with Gasteiger partial charge >= 0.3 is 0 Å². The predicted molar refractivity (Wildman–Crippen MR) is 118 cm³/mol. The van der Waals surface area contributed by atoms with Crippen LogP contribution in [0.5, 0.6) is 0 Å². The van der Waals surface area contributed by atoms with Gasteiger partial charge < -0.3 is 9.80 Å². The fourth-order valence-corrected chi connectivity index (χ4v) is 5.10. The number of fused-ring (bicyclic) bond motifs is 1. The van der Waals surface area contributed by atoms with Gasteiger partial charge in [0.15, 0.2) is 0 Å². The van der Waals surface area contributed by atoms with Crippen LogP contribution in [0.4, 0.5) is 5.69 Å². The molecule has 1 saturated heterocycles. The van der Waals surface area contributed by atoms with E-state index in [0.29, 0.717) is 34.7 Å². The summed E-state index contributed by atoms with van der Waals surface area (Å²) < 4.78 is 1.58. The summed E-state index contributed by atoms with van der Waals surface area (Å²) in [4.78, 5) is 35.9. The van der Waals surface area contributed by atoms with Crippen molar-refractivity contribution in [1.29, 1.82) is 0 Å². The number of carbonyl (C=O) groups is 1. The van der Waals surface area contributed by atoms with E-state index in [1.807, 2.05) is 18.7 Å². The van der Waals surface area contributed by atoms with Crippen LogP contribution in [0.25, 0.3) is 10.2 Å². The first-order valence-electron chi connectivity index (χ1n) is 10.0. The van der Waals surface area contributed by atoms with Crippen molar-refractivity contribution in [2.45, 2.75) is 40.3 Å². The van der Waals surface area contributed by atoms with Crippen LogP contribution in [-0.2, 0) is 6.54 Å². The van der Waals surface area contributed by atoms with Crippen LogP contribution in [0.2, 0.25) is 0 Å². The number of rotatable bonds is 3. The zero-order valence-electron chi connectivity index (χ0n) is 17.3. The fourth-order valence-electron chi connectivity index (χ4n) is 3.99. The molecule has 0 N–H and O–H groups in total. The third-order valence-electron chi connectivity index (χ3n) is 5.73. The lowest BCUT2D eigenvalue weighted by molar-refractivity contribution is 0.0730. The van der Waals surface area contributed by atoms with Crippen LogP contribution in [0.3, 0.4) is 0 Å². The maximum absolute atomic E-state index is 13.3. The minimum atomic E-state index is -0.0668. The maximum Gasteiger partial charge on any atom is 0.264 e. The average Bonchev–Trinajstić information content (AvgIpc) is 3.06. The second-order valence-corrected chi connectivity index (χ2v) is 8.70. The number of aromatic nitrogens is 2. The molecule has 1 aliphatic rings. The summed E-state index contributed by atoms with van der Waals surface area (Å²) in [6.07, 6.45) is 1.57. The molecule has 0 spiro atoms. The molecule has 0 radical (unpaired) electrons. The molecule has 1 aromatic carbocycles. The van der Waals surface area contributed by atoms with Crippen molar-refractivity contribution < 1.29 is 4.79 Å². The largest absolute Gasteiger partial charge is 0.365 e. The van der Waals surface area contributed by atoms with Crippen molar-refractivity contribution in [3.63, 3.8) is 0 Å². The van der Waals surface area contributed by atoms with Gasteiger partial charge in [-0.2, -0.15) is 0 Å². The number of hydrogen-bond donors (Lipinski definition) is 0. The van der Waals surface area contributed by atoms with E-state index in [1.54, 1.807) is 10.9 Å². The Morgan fingerprint density at radius 3 is 2.59 bits per heavy atom. The van der Waals surface area contributed by atoms with E-state index in [0.717, 1.165) is 12.1 Å². The summed E-state index contributed by atoms with van der Waals surface area (Å²) in [5, 5.41) is 0.578. The summed E-state index contributed by atoms with van der Waals surface area (Å²) in [6.45, 7) is 10.7. The minimum absolute atomic E-state index is 0.00311. The number of anilines is 1. The Bertz CT molecular complexity index is 1120. The van der Waals surface area contributed by atoms with Crippen LogP contribution in [0, 0.1) is 13.8 Å². The number of piperazine rings is 1. The SMILES string of the molecule is CCn1cnc2sc(C(=O)N3CCN(c4ccc(C)cc4)C(C)C3)c(C)c2c1=O. The second-order valence-electron chi connectivity index (χ2n) is 7.70. The first-order valence-corrected chi connectivity index (χ1v) is 10.8. The number of nitrogens with zero attached hydrogens (tertiary/aromatic N) is 4. The molecule has 29 heavy (non-hydrogen) atoms. The van der Waals surface area contributed by atoms with E-state index in [9.17, 15) is 9.59 Å². The van der Waals surface area contributed by atoms with Gasteiger partial charge in [0.25, 0.3) is 11.5 Å². The van der Waals surface area contributed by atoms with E-state index in [4.69, 9.17) is 0 Å². The molecular weight excluding hydrogens is 384 g/mol. The molecular formula is C22H26N4O2S. The quantitative estimate of drug-likeness (QED) is 0.664. The molecule has 0 saturated carbocycles. The van der Waals surface area contributed by atoms with Gasteiger partial charge in [0.2, 0.25) is 0 Å². The number of aryl methyl sites for hydroxylation is 3. The number of benzene rings is 1. The number of carbonyl (C=O) groups excluding carboxylic acids is 1. The highest BCUT2D eigenvalue weighted by Crippen LogP contribution is 2.29. The lowest BCUT2D eigenvalue weighted by Gasteiger charge is -2.41. The van der Waals surface area contributed by atoms with E-state index >= 15 is 0 Å². The molecule has 1 unspecified atom stereocenters. The zero-order chi connectivity index (χ0) is 20.7. The molecule has 1 atom stereocenters. The number of amides is 1. The van der Waals surface area contributed by atoms with Gasteiger partial charge in [0, 0.05) is 37.9 Å². The molecule has 1 amide bonds. The molecule has 3 aromatic rings. The van der Waals surface area contributed by atoms with Crippen molar-refractivity contribution in [3.05, 3.63) is 57.0 Å². The summed E-state index contributed by atoms with van der Waals surface area (Å²) in [5.41, 5.74) is 3.12. The van der Waals surface area contributed by atoms with Gasteiger partial charge in [-0.05, 0) is 45.4 Å². The van der Waals surface area contributed by atoms with Crippen molar-refractivity contribution in [3.8, 4) is 0 Å². The summed E-state index contributed by atoms with van der Waals surface area (Å²) in [7, 11) is 0. The normalized spacial score (nSPS) is 17.2. The molecule has 4 rings (SSSR count). The molecule has 3 heterocycles. The van der Waals surface area contributed by atoms with Crippen molar-refractivity contribution in [2.75, 3.05) is 24.5 Å². The van der Waals surface area contributed by atoms with Crippen LogP contribution in [0.1, 0.15) is 34.6 Å². The first kappa shape index (κ1) is 19.6. The highest BCUT2D eigenvalue weighted by atomic mass is 32.1. The maximum atomic E-state index is 13.3. The smallest absolute Gasteiger partial charge is 0.264 e. The zero-order valence-corrected chi connectivity index (χ0v) is 18.1. The highest BCUT2D eigenvalue weighted by molar-refractivity contribution is 7.20. The third kappa shape index (κ3) is 3.44.